The van der Waals surface area contributed by atoms with Gasteiger partial charge in [-0.2, -0.15) is 0 Å². The van der Waals surface area contributed by atoms with Crippen LogP contribution in [0.15, 0.2) is 23.8 Å². The summed E-state index contributed by atoms with van der Waals surface area (Å²) >= 11 is 1.21. The Kier molecular flexibility index (Phi) is 11.3. The summed E-state index contributed by atoms with van der Waals surface area (Å²) in [5, 5.41) is 5.01. The van der Waals surface area contributed by atoms with Crippen LogP contribution < -0.4 is 5.32 Å². The molecule has 12 heteroatoms. The van der Waals surface area contributed by atoms with Gasteiger partial charge in [0.25, 0.3) is 5.91 Å². The summed E-state index contributed by atoms with van der Waals surface area (Å²) in [6, 6.07) is 1.26. The van der Waals surface area contributed by atoms with E-state index in [4.69, 9.17) is 9.47 Å². The van der Waals surface area contributed by atoms with Crippen LogP contribution in [0.5, 0.6) is 0 Å². The fraction of sp³-hybridized carbons (Fsp3) is 0.593. The molecule has 212 valence electrons. The second kappa shape index (κ2) is 14.7. The third-order valence-electron chi connectivity index (χ3n) is 6.80. The molecular weight excluding hydrogens is 522 g/mol. The smallest absolute Gasteiger partial charge is 0.308 e. The largest absolute Gasteiger partial charge is 0.469 e. The number of nitrogens with zero attached hydrogens (tertiary/aromatic N) is 4. The van der Waals surface area contributed by atoms with Gasteiger partial charge in [-0.1, -0.05) is 13.3 Å². The minimum Gasteiger partial charge on any atom is -0.469 e. The molecule has 3 rings (SSSR count). The highest BCUT2D eigenvalue weighted by molar-refractivity contribution is 7.09. The number of aromatic nitrogens is 3. The zero-order chi connectivity index (χ0) is 28.4. The molecule has 0 radical (unpaired) electrons. The standard InChI is InChI=1S/C27H37N5O6S/c1-17(27(36)37-4)13-20(15-23-28-10-6-11-29-23)30-25(35)21-16-39-26(31-21)22(38-18(2)33)9-12-32(3)24(34)14-19-7-5-8-19/h6,10-11,16-17,19-20,22H,5,7-9,12-15H2,1-4H3,(H,30,35)/t17-,20+,22+/m0/s1. The van der Waals surface area contributed by atoms with Crippen LogP contribution in [-0.4, -0.2) is 70.3 Å². The first-order chi connectivity index (χ1) is 18.7. The summed E-state index contributed by atoms with van der Waals surface area (Å²) in [6.45, 7) is 3.45. The maximum absolute atomic E-state index is 13.1. The maximum atomic E-state index is 13.1. The van der Waals surface area contributed by atoms with Crippen LogP contribution in [0, 0.1) is 11.8 Å². The van der Waals surface area contributed by atoms with Gasteiger partial charge in [0.1, 0.15) is 16.5 Å². The number of carbonyl (C=O) groups excluding carboxylic acids is 4. The number of methoxy groups -OCH3 is 1. The first-order valence-electron chi connectivity index (χ1n) is 13.2. The molecule has 0 aliphatic heterocycles. The van der Waals surface area contributed by atoms with E-state index in [0.717, 1.165) is 12.8 Å². The molecule has 1 fully saturated rings. The number of hydrogen-bond acceptors (Lipinski definition) is 10. The Bertz CT molecular complexity index is 1120. The number of esters is 2. The molecule has 0 saturated heterocycles. The Hall–Kier alpha value is -3.41. The number of rotatable bonds is 14. The van der Waals surface area contributed by atoms with Crippen molar-refractivity contribution < 1.29 is 28.7 Å². The number of carbonyl (C=O) groups is 4. The third kappa shape index (κ3) is 9.38. The predicted octanol–water partition coefficient (Wildman–Crippen LogP) is 3.12. The minimum atomic E-state index is -0.680. The van der Waals surface area contributed by atoms with Gasteiger partial charge >= 0.3 is 11.9 Å². The van der Waals surface area contributed by atoms with Gasteiger partial charge in [-0.3, -0.25) is 19.2 Å². The lowest BCUT2D eigenvalue weighted by Gasteiger charge is -2.27. The molecule has 39 heavy (non-hydrogen) atoms. The van der Waals surface area contributed by atoms with Crippen molar-refractivity contribution in [2.45, 2.75) is 70.9 Å². The van der Waals surface area contributed by atoms with Crippen molar-refractivity contribution >= 4 is 35.1 Å². The Morgan fingerprint density at radius 1 is 1.21 bits per heavy atom. The number of ether oxygens (including phenoxy) is 2. The topological polar surface area (TPSA) is 141 Å². The first-order valence-corrected chi connectivity index (χ1v) is 14.0. The number of amides is 2. The van der Waals surface area contributed by atoms with E-state index >= 15 is 0 Å². The number of nitrogens with one attached hydrogen (secondary N) is 1. The zero-order valence-electron chi connectivity index (χ0n) is 22.9. The number of hydrogen-bond donors (Lipinski definition) is 1. The second-order valence-electron chi connectivity index (χ2n) is 9.97. The van der Waals surface area contributed by atoms with Crippen LogP contribution >= 0.6 is 11.3 Å². The molecule has 0 bridgehead atoms. The van der Waals surface area contributed by atoms with E-state index in [1.54, 1.807) is 42.7 Å². The molecule has 1 N–H and O–H groups in total. The Labute approximate surface area is 232 Å². The Morgan fingerprint density at radius 2 is 1.92 bits per heavy atom. The van der Waals surface area contributed by atoms with Crippen molar-refractivity contribution in [3.05, 3.63) is 40.4 Å². The van der Waals surface area contributed by atoms with Crippen molar-refractivity contribution in [1.82, 2.24) is 25.2 Å². The Balaban J connectivity index is 1.65. The maximum Gasteiger partial charge on any atom is 0.308 e. The molecule has 0 aromatic carbocycles. The molecule has 1 aliphatic carbocycles. The summed E-state index contributed by atoms with van der Waals surface area (Å²) in [6.07, 6.45) is 7.48. The van der Waals surface area contributed by atoms with Crippen molar-refractivity contribution in [2.75, 3.05) is 20.7 Å². The average Bonchev–Trinajstić information content (AvgIpc) is 3.38. The fourth-order valence-corrected chi connectivity index (χ4v) is 5.20. The van der Waals surface area contributed by atoms with Gasteiger partial charge in [0.05, 0.1) is 13.0 Å². The highest BCUT2D eigenvalue weighted by atomic mass is 32.1. The summed E-state index contributed by atoms with van der Waals surface area (Å²) < 4.78 is 10.3. The Morgan fingerprint density at radius 3 is 2.54 bits per heavy atom. The molecule has 3 atom stereocenters. The van der Waals surface area contributed by atoms with Crippen LogP contribution in [0.1, 0.15) is 79.8 Å². The lowest BCUT2D eigenvalue weighted by atomic mass is 9.83. The number of thiazole rings is 1. The van der Waals surface area contributed by atoms with Gasteiger partial charge in [-0.15, -0.1) is 11.3 Å². The highest BCUT2D eigenvalue weighted by Gasteiger charge is 2.27. The van der Waals surface area contributed by atoms with Crippen LogP contribution in [-0.2, 0) is 30.3 Å². The van der Waals surface area contributed by atoms with Crippen molar-refractivity contribution in [2.24, 2.45) is 11.8 Å². The van der Waals surface area contributed by atoms with Crippen LogP contribution in [0.4, 0.5) is 0 Å². The van der Waals surface area contributed by atoms with E-state index in [9.17, 15) is 19.2 Å². The van der Waals surface area contributed by atoms with Gasteiger partial charge in [0.2, 0.25) is 5.91 Å². The third-order valence-corrected chi connectivity index (χ3v) is 7.74. The molecule has 2 aromatic heterocycles. The van der Waals surface area contributed by atoms with E-state index in [1.807, 2.05) is 0 Å². The van der Waals surface area contributed by atoms with E-state index in [1.165, 1.54) is 31.8 Å². The van der Waals surface area contributed by atoms with E-state index in [0.29, 0.717) is 49.0 Å². The van der Waals surface area contributed by atoms with Crippen molar-refractivity contribution in [3.63, 3.8) is 0 Å². The zero-order valence-corrected chi connectivity index (χ0v) is 23.7. The van der Waals surface area contributed by atoms with Crippen LogP contribution in [0.3, 0.4) is 0 Å². The summed E-state index contributed by atoms with van der Waals surface area (Å²) in [7, 11) is 3.07. The second-order valence-corrected chi connectivity index (χ2v) is 10.9. The molecule has 2 heterocycles. The van der Waals surface area contributed by atoms with E-state index in [2.05, 4.69) is 20.3 Å². The normalized spacial score (nSPS) is 15.4. The minimum absolute atomic E-state index is 0.0788. The predicted molar refractivity (Wildman–Crippen MR) is 144 cm³/mol. The molecule has 11 nitrogen and oxygen atoms in total. The molecular formula is C27H37N5O6S. The van der Waals surface area contributed by atoms with Crippen molar-refractivity contribution in [1.29, 1.82) is 0 Å². The molecule has 1 saturated carbocycles. The molecule has 1 aliphatic rings. The van der Waals surface area contributed by atoms with Gasteiger partial charge in [-0.05, 0) is 31.2 Å². The lowest BCUT2D eigenvalue weighted by molar-refractivity contribution is -0.147. The van der Waals surface area contributed by atoms with Crippen LogP contribution in [0.25, 0.3) is 0 Å². The van der Waals surface area contributed by atoms with E-state index in [-0.39, 0.29) is 17.6 Å². The van der Waals surface area contributed by atoms with Gasteiger partial charge in [-0.25, -0.2) is 15.0 Å². The summed E-state index contributed by atoms with van der Waals surface area (Å²) in [5.74, 6) is -0.641. The van der Waals surface area contributed by atoms with Gasteiger partial charge in [0, 0.05) is 63.6 Å². The van der Waals surface area contributed by atoms with Crippen molar-refractivity contribution in [3.8, 4) is 0 Å². The average molecular weight is 560 g/mol. The summed E-state index contributed by atoms with van der Waals surface area (Å²) in [4.78, 5) is 64.0. The highest BCUT2D eigenvalue weighted by Crippen LogP contribution is 2.30. The van der Waals surface area contributed by atoms with Gasteiger partial charge < -0.3 is 19.7 Å². The van der Waals surface area contributed by atoms with Crippen LogP contribution in [0.2, 0.25) is 0 Å². The van der Waals surface area contributed by atoms with Gasteiger partial charge in [0.15, 0.2) is 6.10 Å². The molecule has 2 aromatic rings. The molecule has 0 spiro atoms. The first kappa shape index (κ1) is 30.1. The lowest BCUT2D eigenvalue weighted by Crippen LogP contribution is -2.39. The quantitative estimate of drug-likeness (QED) is 0.346. The molecule has 2 amide bonds. The van der Waals surface area contributed by atoms with E-state index < -0.39 is 29.9 Å². The SMILES string of the molecule is COC(=O)[C@@H](C)C[C@H](Cc1ncccn1)NC(=O)c1csc([C@@H](CCN(C)C(=O)CC2CCC2)OC(C)=O)n1. The fourth-order valence-electron chi connectivity index (χ4n) is 4.34. The molecule has 0 unspecified atom stereocenters. The summed E-state index contributed by atoms with van der Waals surface area (Å²) in [5.41, 5.74) is 0.172. The monoisotopic (exact) mass is 559 g/mol.